The van der Waals surface area contributed by atoms with Gasteiger partial charge in [-0.25, -0.2) is 9.07 Å². The van der Waals surface area contributed by atoms with Gasteiger partial charge >= 0.3 is 0 Å². The molecule has 1 N–H and O–H groups in total. The highest BCUT2D eigenvalue weighted by molar-refractivity contribution is 5.21. The van der Waals surface area contributed by atoms with E-state index in [0.29, 0.717) is 11.3 Å². The van der Waals surface area contributed by atoms with E-state index in [0.717, 1.165) is 0 Å². The minimum Gasteiger partial charge on any atom is -0.383 e. The molecular weight excluding hydrogens is 221 g/mol. The number of hydrogen-bond donors (Lipinski definition) is 1. The van der Waals surface area contributed by atoms with Gasteiger partial charge in [0.1, 0.15) is 11.4 Å². The van der Waals surface area contributed by atoms with Crippen LogP contribution in [0.15, 0.2) is 30.5 Å². The molecule has 1 unspecified atom stereocenters. The first-order valence-corrected chi connectivity index (χ1v) is 5.31. The second kappa shape index (κ2) is 4.25. The molecule has 1 heterocycles. The summed E-state index contributed by atoms with van der Waals surface area (Å²) in [6, 6.07) is 6.41. The first kappa shape index (κ1) is 11.7. The minimum atomic E-state index is -1.19. The second-order valence-electron chi connectivity index (χ2n) is 4.28. The molecule has 0 spiro atoms. The summed E-state index contributed by atoms with van der Waals surface area (Å²) >= 11 is 0. The lowest BCUT2D eigenvalue weighted by atomic mass is 9.93. The Bertz CT molecular complexity index is 522. The van der Waals surface area contributed by atoms with E-state index in [9.17, 15) is 9.50 Å². The maximum absolute atomic E-state index is 13.5. The van der Waals surface area contributed by atoms with E-state index in [4.69, 9.17) is 0 Å². The molecule has 0 aliphatic carbocycles. The van der Waals surface area contributed by atoms with Crippen molar-refractivity contribution in [2.75, 3.05) is 0 Å². The average molecular weight is 235 g/mol. The van der Waals surface area contributed by atoms with Crippen molar-refractivity contribution in [1.82, 2.24) is 15.0 Å². The van der Waals surface area contributed by atoms with Gasteiger partial charge in [0.05, 0.1) is 11.9 Å². The molecule has 17 heavy (non-hydrogen) atoms. The van der Waals surface area contributed by atoms with Gasteiger partial charge in [-0.1, -0.05) is 23.4 Å². The monoisotopic (exact) mass is 235 g/mol. The van der Waals surface area contributed by atoms with Crippen LogP contribution in [0, 0.1) is 5.82 Å². The summed E-state index contributed by atoms with van der Waals surface area (Å²) in [6.45, 7) is 1.62. The third kappa shape index (κ3) is 2.34. The molecule has 90 valence electrons. The molecule has 0 bridgehead atoms. The maximum Gasteiger partial charge on any atom is 0.126 e. The van der Waals surface area contributed by atoms with Gasteiger partial charge in [0.25, 0.3) is 0 Å². The first-order valence-electron chi connectivity index (χ1n) is 5.31. The highest BCUT2D eigenvalue weighted by atomic mass is 19.1. The number of aryl methyl sites for hydroxylation is 1. The standard InChI is InChI=1S/C12H14FN3O/c1-12(17,11-8-14-15-16(11)2)7-9-5-3-4-6-10(9)13/h3-6,8,17H,7H2,1-2H3. The van der Waals surface area contributed by atoms with E-state index >= 15 is 0 Å². The quantitative estimate of drug-likeness (QED) is 0.875. The van der Waals surface area contributed by atoms with Crippen molar-refractivity contribution in [3.05, 3.63) is 47.5 Å². The molecule has 1 aromatic carbocycles. The van der Waals surface area contributed by atoms with Crippen molar-refractivity contribution >= 4 is 0 Å². The van der Waals surface area contributed by atoms with Gasteiger partial charge in [0.15, 0.2) is 0 Å². The Balaban J connectivity index is 2.30. The normalized spacial score (nSPS) is 14.6. The fourth-order valence-corrected chi connectivity index (χ4v) is 1.88. The van der Waals surface area contributed by atoms with Crippen LogP contribution in [0.25, 0.3) is 0 Å². The molecule has 2 rings (SSSR count). The average Bonchev–Trinajstić information content (AvgIpc) is 2.68. The third-order valence-electron chi connectivity index (χ3n) is 2.76. The molecule has 5 heteroatoms. The second-order valence-corrected chi connectivity index (χ2v) is 4.28. The Morgan fingerprint density at radius 2 is 2.12 bits per heavy atom. The number of rotatable bonds is 3. The number of benzene rings is 1. The van der Waals surface area contributed by atoms with Crippen molar-refractivity contribution in [2.24, 2.45) is 7.05 Å². The number of hydrogen-bond acceptors (Lipinski definition) is 3. The summed E-state index contributed by atoms with van der Waals surface area (Å²) in [6.07, 6.45) is 1.67. The van der Waals surface area contributed by atoms with Gasteiger partial charge in [-0.15, -0.1) is 5.10 Å². The zero-order valence-corrected chi connectivity index (χ0v) is 9.76. The molecular formula is C12H14FN3O. The maximum atomic E-state index is 13.5. The molecule has 2 aromatic rings. The van der Waals surface area contributed by atoms with Crippen LogP contribution < -0.4 is 0 Å². The summed E-state index contributed by atoms with van der Waals surface area (Å²) in [7, 11) is 1.69. The molecule has 0 saturated heterocycles. The molecule has 1 atom stereocenters. The fraction of sp³-hybridized carbons (Fsp3) is 0.333. The number of aliphatic hydroxyl groups is 1. The smallest absolute Gasteiger partial charge is 0.126 e. The lowest BCUT2D eigenvalue weighted by Gasteiger charge is -2.23. The van der Waals surface area contributed by atoms with Crippen LogP contribution in [-0.4, -0.2) is 20.1 Å². The largest absolute Gasteiger partial charge is 0.383 e. The number of nitrogens with zero attached hydrogens (tertiary/aromatic N) is 3. The molecule has 0 radical (unpaired) electrons. The van der Waals surface area contributed by atoms with Crippen molar-refractivity contribution in [3.63, 3.8) is 0 Å². The van der Waals surface area contributed by atoms with Crippen LogP contribution in [-0.2, 0) is 19.1 Å². The van der Waals surface area contributed by atoms with Crippen LogP contribution in [0.1, 0.15) is 18.2 Å². The first-order chi connectivity index (χ1) is 8.00. The summed E-state index contributed by atoms with van der Waals surface area (Å²) < 4.78 is 15.0. The molecule has 4 nitrogen and oxygen atoms in total. The Kier molecular flexibility index (Phi) is 2.93. The molecule has 0 fully saturated rings. The minimum absolute atomic E-state index is 0.181. The summed E-state index contributed by atoms with van der Waals surface area (Å²) in [5.41, 5.74) is -0.167. The van der Waals surface area contributed by atoms with E-state index in [1.807, 2.05) is 0 Å². The van der Waals surface area contributed by atoms with Crippen LogP contribution in [0.3, 0.4) is 0 Å². The SMILES string of the molecule is Cn1nncc1C(C)(O)Cc1ccccc1F. The highest BCUT2D eigenvalue weighted by Gasteiger charge is 2.28. The van der Waals surface area contributed by atoms with E-state index in [-0.39, 0.29) is 12.2 Å². The van der Waals surface area contributed by atoms with Gasteiger partial charge in [-0.05, 0) is 18.6 Å². The van der Waals surface area contributed by atoms with E-state index < -0.39 is 5.60 Å². The predicted octanol–water partition coefficient (Wildman–Crippen LogP) is 1.40. The van der Waals surface area contributed by atoms with Gasteiger partial charge < -0.3 is 5.11 Å². The molecule has 1 aromatic heterocycles. The fourth-order valence-electron chi connectivity index (χ4n) is 1.88. The lowest BCUT2D eigenvalue weighted by Crippen LogP contribution is -2.27. The molecule has 0 aliphatic rings. The van der Waals surface area contributed by atoms with Crippen molar-refractivity contribution in [2.45, 2.75) is 18.9 Å². The van der Waals surface area contributed by atoms with E-state index in [1.165, 1.54) is 16.9 Å². The Hall–Kier alpha value is -1.75. The summed E-state index contributed by atoms with van der Waals surface area (Å²) in [4.78, 5) is 0. The van der Waals surface area contributed by atoms with Crippen molar-refractivity contribution in [3.8, 4) is 0 Å². The molecule has 0 saturated carbocycles. The predicted molar refractivity (Wildman–Crippen MR) is 60.7 cm³/mol. The third-order valence-corrected chi connectivity index (χ3v) is 2.76. The van der Waals surface area contributed by atoms with Gasteiger partial charge in [-0.2, -0.15) is 0 Å². The van der Waals surface area contributed by atoms with Gasteiger partial charge in [0.2, 0.25) is 0 Å². The summed E-state index contributed by atoms with van der Waals surface area (Å²) in [5.74, 6) is -0.317. The van der Waals surface area contributed by atoms with Crippen molar-refractivity contribution in [1.29, 1.82) is 0 Å². The number of halogens is 1. The Morgan fingerprint density at radius 3 is 2.71 bits per heavy atom. The lowest BCUT2D eigenvalue weighted by molar-refractivity contribution is 0.0481. The van der Waals surface area contributed by atoms with E-state index in [2.05, 4.69) is 10.3 Å². The zero-order chi connectivity index (χ0) is 12.5. The van der Waals surface area contributed by atoms with Crippen LogP contribution >= 0.6 is 0 Å². The topological polar surface area (TPSA) is 50.9 Å². The van der Waals surface area contributed by atoms with Gasteiger partial charge in [-0.3, -0.25) is 0 Å². The Morgan fingerprint density at radius 1 is 1.41 bits per heavy atom. The Labute approximate surface area is 98.7 Å². The van der Waals surface area contributed by atoms with E-state index in [1.54, 1.807) is 32.2 Å². The molecule has 0 amide bonds. The zero-order valence-electron chi connectivity index (χ0n) is 9.76. The van der Waals surface area contributed by atoms with Crippen LogP contribution in [0.4, 0.5) is 4.39 Å². The van der Waals surface area contributed by atoms with Crippen LogP contribution in [0.5, 0.6) is 0 Å². The summed E-state index contributed by atoms with van der Waals surface area (Å²) in [5, 5.41) is 17.8. The van der Waals surface area contributed by atoms with Gasteiger partial charge in [0, 0.05) is 13.5 Å². The highest BCUT2D eigenvalue weighted by Crippen LogP contribution is 2.25. The molecule has 0 aliphatic heterocycles. The van der Waals surface area contributed by atoms with Crippen LogP contribution in [0.2, 0.25) is 0 Å². The number of aromatic nitrogens is 3. The van der Waals surface area contributed by atoms with Crippen molar-refractivity contribution < 1.29 is 9.50 Å².